The molecular weight excluding hydrogens is 354 g/mol. The summed E-state index contributed by atoms with van der Waals surface area (Å²) in [5.74, 6) is -1.48. The molecule has 0 aromatic heterocycles. The van der Waals surface area contributed by atoms with Crippen molar-refractivity contribution in [2.24, 2.45) is 0 Å². The normalized spacial score (nSPS) is 16.1. The van der Waals surface area contributed by atoms with Gasteiger partial charge in [-0.2, -0.15) is 0 Å². The van der Waals surface area contributed by atoms with E-state index in [0.29, 0.717) is 36.4 Å². The zero-order chi connectivity index (χ0) is 19.4. The third kappa shape index (κ3) is 4.52. The van der Waals surface area contributed by atoms with Crippen molar-refractivity contribution < 1.29 is 18.4 Å². The van der Waals surface area contributed by atoms with Crippen LogP contribution in [0.15, 0.2) is 42.5 Å². The molecule has 1 unspecified atom stereocenters. The highest BCUT2D eigenvalue weighted by molar-refractivity contribution is 5.96. The number of carbonyl (C=O) groups excluding carboxylic acids is 2. The molecule has 1 aliphatic rings. The number of nitrogens with one attached hydrogen (secondary N) is 3. The molecule has 142 valence electrons. The van der Waals surface area contributed by atoms with Crippen LogP contribution in [0.2, 0.25) is 0 Å². The number of rotatable bonds is 4. The fourth-order valence-corrected chi connectivity index (χ4v) is 3.07. The fraction of sp³-hybridized carbons (Fsp3) is 0.263. The molecule has 3 rings (SSSR count). The quantitative estimate of drug-likeness (QED) is 0.771. The zero-order valence-corrected chi connectivity index (χ0v) is 14.8. The van der Waals surface area contributed by atoms with Crippen molar-refractivity contribution in [1.82, 2.24) is 10.6 Å². The van der Waals surface area contributed by atoms with Gasteiger partial charge in [-0.3, -0.25) is 4.79 Å². The summed E-state index contributed by atoms with van der Waals surface area (Å²) in [6, 6.07) is 9.47. The zero-order valence-electron chi connectivity index (χ0n) is 14.8. The van der Waals surface area contributed by atoms with E-state index in [1.165, 1.54) is 19.2 Å². The van der Waals surface area contributed by atoms with Gasteiger partial charge in [0.05, 0.1) is 5.69 Å². The second-order valence-electron chi connectivity index (χ2n) is 6.29. The Morgan fingerprint density at radius 2 is 1.96 bits per heavy atom. The van der Waals surface area contributed by atoms with Gasteiger partial charge in [-0.15, -0.1) is 0 Å². The first kappa shape index (κ1) is 18.6. The predicted molar refractivity (Wildman–Crippen MR) is 99.0 cm³/mol. The van der Waals surface area contributed by atoms with Crippen LogP contribution in [0.5, 0.6) is 0 Å². The summed E-state index contributed by atoms with van der Waals surface area (Å²) in [7, 11) is 1.53. The molecule has 1 atom stereocenters. The van der Waals surface area contributed by atoms with Crippen LogP contribution < -0.4 is 20.9 Å². The smallest absolute Gasteiger partial charge is 0.319 e. The Hall–Kier alpha value is -3.16. The van der Waals surface area contributed by atoms with Crippen molar-refractivity contribution in [2.75, 3.05) is 30.4 Å². The van der Waals surface area contributed by atoms with E-state index in [1.54, 1.807) is 29.2 Å². The first-order chi connectivity index (χ1) is 13.0. The Morgan fingerprint density at radius 1 is 1.15 bits per heavy atom. The lowest BCUT2D eigenvalue weighted by Crippen LogP contribution is -2.39. The average molecular weight is 374 g/mol. The predicted octanol–water partition coefficient (Wildman–Crippen LogP) is 2.72. The van der Waals surface area contributed by atoms with Crippen molar-refractivity contribution in [1.29, 1.82) is 0 Å². The van der Waals surface area contributed by atoms with Gasteiger partial charge in [0.2, 0.25) is 0 Å². The Labute approximate surface area is 155 Å². The molecular formula is C19H20F2N4O2. The molecule has 0 saturated carbocycles. The summed E-state index contributed by atoms with van der Waals surface area (Å²) in [5.41, 5.74) is 1.25. The van der Waals surface area contributed by atoms with Crippen LogP contribution in [-0.2, 0) is 0 Å². The number of urea groups is 1. The molecule has 3 amide bonds. The number of anilines is 2. The van der Waals surface area contributed by atoms with E-state index in [2.05, 4.69) is 16.0 Å². The monoisotopic (exact) mass is 374 g/mol. The van der Waals surface area contributed by atoms with Crippen LogP contribution >= 0.6 is 0 Å². The van der Waals surface area contributed by atoms with Gasteiger partial charge in [0, 0.05) is 43.5 Å². The third-order valence-corrected chi connectivity index (χ3v) is 4.38. The minimum atomic E-state index is -0.622. The molecule has 0 spiro atoms. The Kier molecular flexibility index (Phi) is 5.54. The van der Waals surface area contributed by atoms with Gasteiger partial charge in [0.1, 0.15) is 11.6 Å². The lowest BCUT2D eigenvalue weighted by molar-refractivity contribution is 0.0963. The maximum absolute atomic E-state index is 13.9. The first-order valence-corrected chi connectivity index (χ1v) is 8.56. The molecule has 2 aromatic rings. The lowest BCUT2D eigenvalue weighted by Gasteiger charge is -2.20. The van der Waals surface area contributed by atoms with E-state index in [1.807, 2.05) is 0 Å². The highest BCUT2D eigenvalue weighted by atomic mass is 19.1. The number of carbonyl (C=O) groups is 2. The van der Waals surface area contributed by atoms with Gasteiger partial charge in [0.25, 0.3) is 5.91 Å². The van der Waals surface area contributed by atoms with Crippen LogP contribution in [0.3, 0.4) is 0 Å². The molecule has 8 heteroatoms. The third-order valence-electron chi connectivity index (χ3n) is 4.38. The van der Waals surface area contributed by atoms with Crippen molar-refractivity contribution in [3.63, 3.8) is 0 Å². The van der Waals surface area contributed by atoms with Gasteiger partial charge in [-0.05, 0) is 36.8 Å². The van der Waals surface area contributed by atoms with E-state index in [-0.39, 0.29) is 11.9 Å². The summed E-state index contributed by atoms with van der Waals surface area (Å²) in [6.45, 7) is 0.980. The van der Waals surface area contributed by atoms with Crippen LogP contribution in [0.4, 0.5) is 25.0 Å². The number of benzene rings is 2. The van der Waals surface area contributed by atoms with Gasteiger partial charge in [-0.1, -0.05) is 6.07 Å². The highest BCUT2D eigenvalue weighted by Gasteiger charge is 2.26. The standard InChI is InChI=1S/C19H20F2N4O2/c1-22-18(26)12-3-2-4-14(9-12)23-19(27)24-15-7-8-25(11-15)17-6-5-13(20)10-16(17)21/h2-6,9-10,15H,7-8,11H2,1H3,(H,22,26)(H2,23,24,27). The van der Waals surface area contributed by atoms with E-state index in [0.717, 1.165) is 6.07 Å². The van der Waals surface area contributed by atoms with Gasteiger partial charge >= 0.3 is 6.03 Å². The summed E-state index contributed by atoms with van der Waals surface area (Å²) in [6.07, 6.45) is 0.641. The van der Waals surface area contributed by atoms with Crippen molar-refractivity contribution in [3.8, 4) is 0 Å². The summed E-state index contributed by atoms with van der Waals surface area (Å²) < 4.78 is 26.9. The minimum absolute atomic E-state index is 0.170. The van der Waals surface area contributed by atoms with Crippen molar-refractivity contribution >= 4 is 23.3 Å². The summed E-state index contributed by atoms with van der Waals surface area (Å²) in [5, 5.41) is 8.04. The molecule has 6 nitrogen and oxygen atoms in total. The van der Waals surface area contributed by atoms with E-state index in [4.69, 9.17) is 0 Å². The molecule has 0 aliphatic carbocycles. The molecule has 1 saturated heterocycles. The van der Waals surface area contributed by atoms with Crippen LogP contribution in [0, 0.1) is 11.6 Å². The minimum Gasteiger partial charge on any atom is -0.367 e. The highest BCUT2D eigenvalue weighted by Crippen LogP contribution is 2.24. The van der Waals surface area contributed by atoms with Crippen molar-refractivity contribution in [2.45, 2.75) is 12.5 Å². The Morgan fingerprint density at radius 3 is 2.70 bits per heavy atom. The largest absolute Gasteiger partial charge is 0.367 e. The SMILES string of the molecule is CNC(=O)c1cccc(NC(=O)NC2CCN(c3ccc(F)cc3F)C2)c1. The van der Waals surface area contributed by atoms with E-state index in [9.17, 15) is 18.4 Å². The second-order valence-corrected chi connectivity index (χ2v) is 6.29. The van der Waals surface area contributed by atoms with E-state index < -0.39 is 17.7 Å². The van der Waals surface area contributed by atoms with Crippen LogP contribution in [-0.4, -0.2) is 38.1 Å². The van der Waals surface area contributed by atoms with Crippen LogP contribution in [0.1, 0.15) is 16.8 Å². The molecule has 3 N–H and O–H groups in total. The first-order valence-electron chi connectivity index (χ1n) is 8.56. The molecule has 1 heterocycles. The molecule has 2 aromatic carbocycles. The summed E-state index contributed by atoms with van der Waals surface area (Å²) >= 11 is 0. The Balaban J connectivity index is 1.57. The molecule has 27 heavy (non-hydrogen) atoms. The summed E-state index contributed by atoms with van der Waals surface area (Å²) in [4.78, 5) is 25.6. The number of hydrogen-bond donors (Lipinski definition) is 3. The second kappa shape index (κ2) is 8.03. The molecule has 1 aliphatic heterocycles. The maximum atomic E-state index is 13.9. The molecule has 0 radical (unpaired) electrons. The number of amides is 3. The maximum Gasteiger partial charge on any atom is 0.319 e. The van der Waals surface area contributed by atoms with Gasteiger partial charge < -0.3 is 20.9 Å². The lowest BCUT2D eigenvalue weighted by atomic mass is 10.2. The molecule has 0 bridgehead atoms. The van der Waals surface area contributed by atoms with Gasteiger partial charge in [-0.25, -0.2) is 13.6 Å². The number of halogens is 2. The van der Waals surface area contributed by atoms with Gasteiger partial charge in [0.15, 0.2) is 0 Å². The van der Waals surface area contributed by atoms with Crippen LogP contribution in [0.25, 0.3) is 0 Å². The fourth-order valence-electron chi connectivity index (χ4n) is 3.07. The Bertz CT molecular complexity index is 859. The van der Waals surface area contributed by atoms with E-state index >= 15 is 0 Å². The average Bonchev–Trinajstić information content (AvgIpc) is 3.09. The topological polar surface area (TPSA) is 73.5 Å². The molecule has 1 fully saturated rings. The van der Waals surface area contributed by atoms with Crippen molar-refractivity contribution in [3.05, 3.63) is 59.7 Å². The number of hydrogen-bond acceptors (Lipinski definition) is 3. The number of nitrogens with zero attached hydrogens (tertiary/aromatic N) is 1.